The Morgan fingerprint density at radius 2 is 1.77 bits per heavy atom. The molecule has 0 radical (unpaired) electrons. The number of rotatable bonds is 7. The van der Waals surface area contributed by atoms with Gasteiger partial charge in [0.05, 0.1) is 23.9 Å². The van der Waals surface area contributed by atoms with Crippen molar-refractivity contribution in [3.8, 4) is 11.5 Å². The van der Waals surface area contributed by atoms with Crippen molar-refractivity contribution >= 4 is 52.4 Å². The van der Waals surface area contributed by atoms with E-state index in [4.69, 9.17) is 44.3 Å². The van der Waals surface area contributed by atoms with Gasteiger partial charge in [-0.1, -0.05) is 83.4 Å². The number of nitrogens with one attached hydrogen (secondary N) is 1. The summed E-state index contributed by atoms with van der Waals surface area (Å²) in [4.78, 5) is 4.68. The standard InChI is InChI=1S/C33H27Cl3N2O2/c1-39-31-16-20(15-29(36)33(31)40-19-22-9-12-23(34)17-28(22)35)18-37-24-13-10-21(11-14-24)32-27-7-4-6-25(27)26-5-2-3-8-30(26)38-32/h2-6,8-18,25,27,32,38H,7,19H2,1H3/t25-,27-,32+/m1/s1. The number of benzene rings is 4. The predicted molar refractivity (Wildman–Crippen MR) is 165 cm³/mol. The van der Waals surface area contributed by atoms with E-state index >= 15 is 0 Å². The molecule has 0 amide bonds. The molecule has 1 aliphatic heterocycles. The highest BCUT2D eigenvalue weighted by Gasteiger charge is 2.37. The highest BCUT2D eigenvalue weighted by atomic mass is 35.5. The molecule has 3 atom stereocenters. The number of methoxy groups -OCH3 is 1. The molecule has 0 unspecified atom stereocenters. The second-order valence-electron chi connectivity index (χ2n) is 9.97. The van der Waals surface area contributed by atoms with Crippen LogP contribution in [0, 0.1) is 5.92 Å². The number of aliphatic imine (C=N–C) groups is 1. The van der Waals surface area contributed by atoms with Gasteiger partial charge in [-0.15, -0.1) is 0 Å². The van der Waals surface area contributed by atoms with E-state index in [-0.39, 0.29) is 12.6 Å². The molecule has 0 saturated heterocycles. The molecule has 1 N–H and O–H groups in total. The summed E-state index contributed by atoms with van der Waals surface area (Å²) >= 11 is 18.9. The Balaban J connectivity index is 1.17. The first kappa shape index (κ1) is 26.8. The van der Waals surface area contributed by atoms with Crippen molar-refractivity contribution in [3.05, 3.63) is 128 Å². The maximum Gasteiger partial charge on any atom is 0.180 e. The van der Waals surface area contributed by atoms with Gasteiger partial charge in [-0.2, -0.15) is 0 Å². The van der Waals surface area contributed by atoms with Gasteiger partial charge < -0.3 is 14.8 Å². The third-order valence-corrected chi connectivity index (χ3v) is 8.39. The number of anilines is 1. The van der Waals surface area contributed by atoms with E-state index in [2.05, 4.69) is 71.0 Å². The van der Waals surface area contributed by atoms with Crippen LogP contribution in [0.15, 0.2) is 96.0 Å². The minimum absolute atomic E-state index is 0.227. The second kappa shape index (κ2) is 11.6. The normalized spacial score (nSPS) is 19.2. The largest absolute Gasteiger partial charge is 0.493 e. The van der Waals surface area contributed by atoms with E-state index in [0.717, 1.165) is 23.2 Å². The Morgan fingerprint density at radius 1 is 0.950 bits per heavy atom. The van der Waals surface area contributed by atoms with Crippen LogP contribution in [0.1, 0.15) is 40.6 Å². The molecule has 4 aromatic carbocycles. The van der Waals surface area contributed by atoms with Crippen molar-refractivity contribution in [1.82, 2.24) is 0 Å². The molecule has 1 heterocycles. The van der Waals surface area contributed by atoms with Crippen LogP contribution in [-0.2, 0) is 6.61 Å². The van der Waals surface area contributed by atoms with Gasteiger partial charge in [0.2, 0.25) is 0 Å². The summed E-state index contributed by atoms with van der Waals surface area (Å²) < 4.78 is 11.5. The van der Waals surface area contributed by atoms with Crippen molar-refractivity contribution in [3.63, 3.8) is 0 Å². The molecule has 7 heteroatoms. The highest BCUT2D eigenvalue weighted by molar-refractivity contribution is 6.35. The average Bonchev–Trinajstić information content (AvgIpc) is 3.46. The summed E-state index contributed by atoms with van der Waals surface area (Å²) in [6.07, 6.45) is 7.52. The first-order chi connectivity index (χ1) is 19.5. The number of hydrogen-bond acceptors (Lipinski definition) is 4. The number of hydrogen-bond donors (Lipinski definition) is 1. The van der Waals surface area contributed by atoms with Crippen LogP contribution < -0.4 is 14.8 Å². The molecule has 202 valence electrons. The molecular formula is C33H27Cl3N2O2. The van der Waals surface area contributed by atoms with Gasteiger partial charge in [-0.25, -0.2) is 0 Å². The zero-order chi connectivity index (χ0) is 27.6. The predicted octanol–water partition coefficient (Wildman–Crippen LogP) is 9.81. The Morgan fingerprint density at radius 3 is 2.58 bits per heavy atom. The molecule has 4 aromatic rings. The molecule has 1 aliphatic carbocycles. The minimum atomic E-state index is 0.227. The molecule has 0 spiro atoms. The number of ether oxygens (including phenoxy) is 2. The topological polar surface area (TPSA) is 42.8 Å². The van der Waals surface area contributed by atoms with Crippen molar-refractivity contribution < 1.29 is 9.47 Å². The van der Waals surface area contributed by atoms with Crippen molar-refractivity contribution in [2.75, 3.05) is 12.4 Å². The fraction of sp³-hybridized carbons (Fsp3) is 0.182. The van der Waals surface area contributed by atoms with Crippen LogP contribution in [-0.4, -0.2) is 13.3 Å². The van der Waals surface area contributed by atoms with Gasteiger partial charge >= 0.3 is 0 Å². The van der Waals surface area contributed by atoms with Gasteiger partial charge in [0.15, 0.2) is 11.5 Å². The summed E-state index contributed by atoms with van der Waals surface area (Å²) in [6.45, 7) is 0.227. The molecule has 6 rings (SSSR count). The first-order valence-corrected chi connectivity index (χ1v) is 14.2. The maximum atomic E-state index is 6.58. The Labute approximate surface area is 249 Å². The molecular weight excluding hydrogens is 563 g/mol. The smallest absolute Gasteiger partial charge is 0.180 e. The Kier molecular flexibility index (Phi) is 7.75. The summed E-state index contributed by atoms with van der Waals surface area (Å²) in [5.74, 6) is 1.92. The van der Waals surface area contributed by atoms with E-state index < -0.39 is 0 Å². The van der Waals surface area contributed by atoms with E-state index in [1.54, 1.807) is 31.5 Å². The van der Waals surface area contributed by atoms with Gasteiger partial charge in [0.1, 0.15) is 6.61 Å². The van der Waals surface area contributed by atoms with Gasteiger partial charge in [0.25, 0.3) is 0 Å². The lowest BCUT2D eigenvalue weighted by atomic mass is 9.77. The second-order valence-corrected chi connectivity index (χ2v) is 11.2. The van der Waals surface area contributed by atoms with Crippen molar-refractivity contribution in [2.24, 2.45) is 10.9 Å². The average molecular weight is 590 g/mol. The fourth-order valence-electron chi connectivity index (χ4n) is 5.53. The maximum absolute atomic E-state index is 6.58. The van der Waals surface area contributed by atoms with Crippen LogP contribution >= 0.6 is 34.8 Å². The first-order valence-electron chi connectivity index (χ1n) is 13.1. The van der Waals surface area contributed by atoms with Crippen LogP contribution in [0.5, 0.6) is 11.5 Å². The van der Waals surface area contributed by atoms with Crippen LogP contribution in [0.3, 0.4) is 0 Å². The molecule has 0 bridgehead atoms. The van der Waals surface area contributed by atoms with Gasteiger partial charge in [-0.05, 0) is 71.5 Å². The number of nitrogens with zero attached hydrogens (tertiary/aromatic N) is 1. The third kappa shape index (κ3) is 5.44. The van der Waals surface area contributed by atoms with E-state index in [9.17, 15) is 0 Å². The lowest BCUT2D eigenvalue weighted by Crippen LogP contribution is -2.28. The van der Waals surface area contributed by atoms with Crippen LogP contribution in [0.25, 0.3) is 0 Å². The molecule has 2 aliphatic rings. The van der Waals surface area contributed by atoms with Gasteiger partial charge in [0, 0.05) is 33.4 Å². The number of para-hydroxylation sites is 1. The highest BCUT2D eigenvalue weighted by Crippen LogP contribution is 2.49. The van der Waals surface area contributed by atoms with Gasteiger partial charge in [-0.3, -0.25) is 4.99 Å². The molecule has 0 aromatic heterocycles. The SMILES string of the molecule is COc1cc(C=Nc2ccc([C@@H]3Nc4ccccc4[C@H]4C=CC[C@H]43)cc2)cc(Cl)c1OCc1ccc(Cl)cc1Cl. The Bertz CT molecular complexity index is 1600. The molecule has 0 fully saturated rings. The molecule has 40 heavy (non-hydrogen) atoms. The summed E-state index contributed by atoms with van der Waals surface area (Å²) in [5, 5.41) is 5.30. The van der Waals surface area contributed by atoms with Crippen molar-refractivity contribution in [2.45, 2.75) is 25.0 Å². The Hall–Kier alpha value is -3.44. The molecule has 0 saturated carbocycles. The monoisotopic (exact) mass is 588 g/mol. The van der Waals surface area contributed by atoms with Crippen LogP contribution in [0.4, 0.5) is 11.4 Å². The summed E-state index contributed by atoms with van der Waals surface area (Å²) in [5.41, 5.74) is 6.32. The zero-order valence-electron chi connectivity index (χ0n) is 21.8. The zero-order valence-corrected chi connectivity index (χ0v) is 24.0. The van der Waals surface area contributed by atoms with Crippen LogP contribution in [0.2, 0.25) is 15.1 Å². The lowest BCUT2D eigenvalue weighted by molar-refractivity contribution is 0.285. The number of halogens is 3. The van der Waals surface area contributed by atoms with E-state index in [1.165, 1.54) is 16.8 Å². The fourth-order valence-corrected chi connectivity index (χ4v) is 6.27. The summed E-state index contributed by atoms with van der Waals surface area (Å²) in [6, 6.07) is 26.2. The summed E-state index contributed by atoms with van der Waals surface area (Å²) in [7, 11) is 1.58. The lowest BCUT2D eigenvalue weighted by Gasteiger charge is -2.37. The number of fused-ring (bicyclic) bond motifs is 3. The van der Waals surface area contributed by atoms with Crippen molar-refractivity contribution in [1.29, 1.82) is 0 Å². The van der Waals surface area contributed by atoms with E-state index in [0.29, 0.717) is 38.4 Å². The van der Waals surface area contributed by atoms with E-state index in [1.807, 2.05) is 12.1 Å². The molecule has 4 nitrogen and oxygen atoms in total. The quantitative estimate of drug-likeness (QED) is 0.172. The minimum Gasteiger partial charge on any atom is -0.493 e. The third-order valence-electron chi connectivity index (χ3n) is 7.53. The number of allylic oxidation sites excluding steroid dienone is 2.